The second-order valence-corrected chi connectivity index (χ2v) is 5.69. The number of carbonyl (C=O) groups is 1. The second-order valence-electron chi connectivity index (χ2n) is 4.14. The molecule has 2 rings (SSSR count). The molecule has 0 radical (unpaired) electrons. The number of rotatable bonds is 7. The standard InChI is InChI=1S/C15H15ClN2O2S/c16-12-3-5-14(6-4-12)20-8-9-21-11-15(19)18-13-2-1-7-17-10-13/h1-7,10H,8-9,11H2,(H,18,19). The van der Waals surface area contributed by atoms with Gasteiger partial charge in [0.05, 0.1) is 24.2 Å². The molecule has 0 unspecified atom stereocenters. The molecule has 1 heterocycles. The molecule has 0 fully saturated rings. The number of thioether (sulfide) groups is 1. The second kappa shape index (κ2) is 8.54. The predicted octanol–water partition coefficient (Wildman–Crippen LogP) is 3.49. The maximum Gasteiger partial charge on any atom is 0.234 e. The highest BCUT2D eigenvalue weighted by molar-refractivity contribution is 7.99. The minimum atomic E-state index is -0.0421. The third-order valence-corrected chi connectivity index (χ3v) is 3.66. The van der Waals surface area contributed by atoms with Crippen LogP contribution in [0.4, 0.5) is 5.69 Å². The van der Waals surface area contributed by atoms with E-state index in [1.54, 1.807) is 36.7 Å². The number of carbonyl (C=O) groups excluding carboxylic acids is 1. The Kier molecular flexibility index (Phi) is 6.37. The molecule has 0 saturated carbocycles. The van der Waals surface area contributed by atoms with Gasteiger partial charge < -0.3 is 10.1 Å². The fourth-order valence-electron chi connectivity index (χ4n) is 1.55. The quantitative estimate of drug-likeness (QED) is 0.793. The van der Waals surface area contributed by atoms with E-state index in [2.05, 4.69) is 10.3 Å². The largest absolute Gasteiger partial charge is 0.493 e. The Morgan fingerprint density at radius 1 is 1.29 bits per heavy atom. The summed E-state index contributed by atoms with van der Waals surface area (Å²) >= 11 is 7.31. The van der Waals surface area contributed by atoms with Crippen LogP contribution in [0.1, 0.15) is 0 Å². The fourth-order valence-corrected chi connectivity index (χ4v) is 2.28. The van der Waals surface area contributed by atoms with Gasteiger partial charge in [-0.2, -0.15) is 0 Å². The summed E-state index contributed by atoms with van der Waals surface area (Å²) in [5.41, 5.74) is 0.709. The number of halogens is 1. The minimum absolute atomic E-state index is 0.0421. The Hall–Kier alpha value is -1.72. The van der Waals surface area contributed by atoms with Crippen LogP contribution in [0.15, 0.2) is 48.8 Å². The van der Waals surface area contributed by atoms with Crippen LogP contribution in [0.2, 0.25) is 5.02 Å². The molecular formula is C15H15ClN2O2S. The summed E-state index contributed by atoms with van der Waals surface area (Å²) in [4.78, 5) is 15.6. The molecule has 2 aromatic rings. The lowest BCUT2D eigenvalue weighted by Crippen LogP contribution is -2.15. The number of hydrogen-bond acceptors (Lipinski definition) is 4. The molecule has 0 bridgehead atoms. The lowest BCUT2D eigenvalue weighted by molar-refractivity contribution is -0.113. The Bertz CT molecular complexity index is 564. The van der Waals surface area contributed by atoms with Crippen molar-refractivity contribution in [3.8, 4) is 5.75 Å². The minimum Gasteiger partial charge on any atom is -0.493 e. The van der Waals surface area contributed by atoms with E-state index >= 15 is 0 Å². The van der Waals surface area contributed by atoms with Gasteiger partial charge in [0.1, 0.15) is 5.75 Å². The van der Waals surface area contributed by atoms with E-state index in [4.69, 9.17) is 16.3 Å². The van der Waals surface area contributed by atoms with Gasteiger partial charge in [-0.3, -0.25) is 9.78 Å². The topological polar surface area (TPSA) is 51.2 Å². The van der Waals surface area contributed by atoms with Crippen molar-refractivity contribution in [2.75, 3.05) is 23.4 Å². The molecule has 110 valence electrons. The summed E-state index contributed by atoms with van der Waals surface area (Å²) in [6, 6.07) is 10.8. The number of pyridine rings is 1. The molecule has 6 heteroatoms. The van der Waals surface area contributed by atoms with Gasteiger partial charge in [0, 0.05) is 17.0 Å². The first-order valence-corrected chi connectivity index (χ1v) is 7.93. The highest BCUT2D eigenvalue weighted by atomic mass is 35.5. The Morgan fingerprint density at radius 3 is 2.81 bits per heavy atom. The number of benzene rings is 1. The lowest BCUT2D eigenvalue weighted by Gasteiger charge is -2.06. The zero-order valence-corrected chi connectivity index (χ0v) is 12.9. The zero-order chi connectivity index (χ0) is 14.9. The monoisotopic (exact) mass is 322 g/mol. The van der Waals surface area contributed by atoms with E-state index in [1.807, 2.05) is 12.1 Å². The number of anilines is 1. The van der Waals surface area contributed by atoms with Crippen molar-refractivity contribution < 1.29 is 9.53 Å². The highest BCUT2D eigenvalue weighted by Crippen LogP contribution is 2.15. The number of amides is 1. The number of nitrogens with zero attached hydrogens (tertiary/aromatic N) is 1. The Balaban J connectivity index is 1.59. The van der Waals surface area contributed by atoms with Crippen molar-refractivity contribution in [3.63, 3.8) is 0 Å². The molecule has 0 aliphatic heterocycles. The molecule has 0 atom stereocenters. The van der Waals surface area contributed by atoms with Crippen LogP contribution in [-0.2, 0) is 4.79 Å². The Labute approximate surface area is 132 Å². The number of nitrogens with one attached hydrogen (secondary N) is 1. The van der Waals surface area contributed by atoms with E-state index in [9.17, 15) is 4.79 Å². The fraction of sp³-hybridized carbons (Fsp3) is 0.200. The Morgan fingerprint density at radius 2 is 2.10 bits per heavy atom. The number of ether oxygens (including phenoxy) is 1. The van der Waals surface area contributed by atoms with Gasteiger partial charge in [0.2, 0.25) is 5.91 Å². The molecule has 21 heavy (non-hydrogen) atoms. The van der Waals surface area contributed by atoms with Gasteiger partial charge in [0.25, 0.3) is 0 Å². The predicted molar refractivity (Wildman–Crippen MR) is 87.1 cm³/mol. The van der Waals surface area contributed by atoms with Gasteiger partial charge in [-0.1, -0.05) is 11.6 Å². The van der Waals surface area contributed by atoms with Crippen LogP contribution in [0.25, 0.3) is 0 Å². The maximum absolute atomic E-state index is 11.7. The molecule has 1 aromatic heterocycles. The van der Waals surface area contributed by atoms with Crippen molar-refractivity contribution >= 4 is 35.0 Å². The van der Waals surface area contributed by atoms with E-state index in [-0.39, 0.29) is 5.91 Å². The smallest absolute Gasteiger partial charge is 0.234 e. The molecule has 0 aliphatic carbocycles. The third-order valence-electron chi connectivity index (χ3n) is 2.49. The SMILES string of the molecule is O=C(CSCCOc1ccc(Cl)cc1)Nc1cccnc1. The van der Waals surface area contributed by atoms with Gasteiger partial charge in [-0.05, 0) is 36.4 Å². The van der Waals surface area contributed by atoms with Crippen LogP contribution in [0, 0.1) is 0 Å². The first-order valence-electron chi connectivity index (χ1n) is 6.40. The van der Waals surface area contributed by atoms with Crippen LogP contribution in [-0.4, -0.2) is 29.0 Å². The molecule has 0 saturated heterocycles. The summed E-state index contributed by atoms with van der Waals surface area (Å²) in [7, 11) is 0. The first kappa shape index (κ1) is 15.7. The van der Waals surface area contributed by atoms with Gasteiger partial charge in [0.15, 0.2) is 0 Å². The van der Waals surface area contributed by atoms with Crippen LogP contribution in [0.5, 0.6) is 5.75 Å². The highest BCUT2D eigenvalue weighted by Gasteiger charge is 2.02. The average molecular weight is 323 g/mol. The summed E-state index contributed by atoms with van der Waals surface area (Å²) in [5.74, 6) is 1.86. The molecule has 1 N–H and O–H groups in total. The summed E-state index contributed by atoms with van der Waals surface area (Å²) < 4.78 is 5.54. The molecule has 1 aromatic carbocycles. The number of hydrogen-bond donors (Lipinski definition) is 1. The van der Waals surface area contributed by atoms with Gasteiger partial charge >= 0.3 is 0 Å². The van der Waals surface area contributed by atoms with E-state index < -0.39 is 0 Å². The van der Waals surface area contributed by atoms with Crippen LogP contribution in [0.3, 0.4) is 0 Å². The van der Waals surface area contributed by atoms with Gasteiger partial charge in [-0.15, -0.1) is 11.8 Å². The van der Waals surface area contributed by atoms with E-state index in [0.717, 1.165) is 11.5 Å². The van der Waals surface area contributed by atoms with Crippen molar-refractivity contribution in [2.45, 2.75) is 0 Å². The molecule has 0 aliphatic rings. The molecular weight excluding hydrogens is 308 g/mol. The van der Waals surface area contributed by atoms with Crippen molar-refractivity contribution in [3.05, 3.63) is 53.8 Å². The summed E-state index contributed by atoms with van der Waals surface area (Å²) in [6.45, 7) is 0.548. The molecule has 4 nitrogen and oxygen atoms in total. The first-order chi connectivity index (χ1) is 10.2. The van der Waals surface area contributed by atoms with E-state index in [0.29, 0.717) is 23.1 Å². The van der Waals surface area contributed by atoms with Crippen molar-refractivity contribution in [2.24, 2.45) is 0 Å². The summed E-state index contributed by atoms with van der Waals surface area (Å²) in [6.07, 6.45) is 3.28. The third kappa shape index (κ3) is 6.06. The molecule has 0 spiro atoms. The van der Waals surface area contributed by atoms with Crippen molar-refractivity contribution in [1.29, 1.82) is 0 Å². The van der Waals surface area contributed by atoms with Gasteiger partial charge in [-0.25, -0.2) is 0 Å². The molecule has 1 amide bonds. The van der Waals surface area contributed by atoms with Crippen LogP contribution < -0.4 is 10.1 Å². The van der Waals surface area contributed by atoms with Crippen molar-refractivity contribution in [1.82, 2.24) is 4.98 Å². The van der Waals surface area contributed by atoms with E-state index in [1.165, 1.54) is 11.8 Å². The zero-order valence-electron chi connectivity index (χ0n) is 11.3. The normalized spacial score (nSPS) is 10.1. The van der Waals surface area contributed by atoms with Crippen LogP contribution >= 0.6 is 23.4 Å². The average Bonchev–Trinajstić information content (AvgIpc) is 2.50. The lowest BCUT2D eigenvalue weighted by atomic mass is 10.3. The summed E-state index contributed by atoms with van der Waals surface area (Å²) in [5, 5.41) is 3.46. The maximum atomic E-state index is 11.7. The number of aromatic nitrogens is 1.